The van der Waals surface area contributed by atoms with Crippen molar-refractivity contribution in [3.8, 4) is 0 Å². The van der Waals surface area contributed by atoms with Crippen molar-refractivity contribution < 1.29 is 0 Å². The summed E-state index contributed by atoms with van der Waals surface area (Å²) in [5.41, 5.74) is 5.23. The van der Waals surface area contributed by atoms with E-state index in [1.165, 1.54) is 55.5 Å². The third-order valence-corrected chi connectivity index (χ3v) is 6.43. The molecule has 1 saturated carbocycles. The monoisotopic (exact) mass is 360 g/mol. The molecule has 3 heterocycles. The van der Waals surface area contributed by atoms with E-state index in [1.54, 1.807) is 0 Å². The summed E-state index contributed by atoms with van der Waals surface area (Å²) < 4.78 is 2.21. The molecule has 0 bridgehead atoms. The van der Waals surface area contributed by atoms with E-state index in [-0.39, 0.29) is 0 Å². The van der Waals surface area contributed by atoms with Gasteiger partial charge in [-0.05, 0) is 80.3 Å². The minimum absolute atomic E-state index is 0.715. The van der Waals surface area contributed by atoms with Crippen molar-refractivity contribution in [2.24, 2.45) is 5.92 Å². The Bertz CT molecular complexity index is 918. The summed E-state index contributed by atoms with van der Waals surface area (Å²) in [7, 11) is 0. The van der Waals surface area contributed by atoms with Crippen LogP contribution in [0.4, 0.5) is 0 Å². The molecule has 4 nitrogen and oxygen atoms in total. The van der Waals surface area contributed by atoms with E-state index >= 15 is 0 Å². The van der Waals surface area contributed by atoms with Crippen molar-refractivity contribution >= 4 is 5.65 Å². The number of fused-ring (bicyclic) bond motifs is 1. The number of rotatable bonds is 5. The van der Waals surface area contributed by atoms with E-state index in [4.69, 9.17) is 0 Å². The molecule has 1 saturated heterocycles. The summed E-state index contributed by atoms with van der Waals surface area (Å²) in [5, 5.41) is 8.97. The Hall–Kier alpha value is -2.20. The van der Waals surface area contributed by atoms with E-state index in [0.717, 1.165) is 30.4 Å². The molecule has 1 aliphatic heterocycles. The minimum atomic E-state index is 0.715. The third-order valence-electron chi connectivity index (χ3n) is 6.43. The molecule has 0 spiro atoms. The number of hydrogen-bond donors (Lipinski definition) is 0. The maximum absolute atomic E-state index is 4.50. The Morgan fingerprint density at radius 1 is 0.963 bits per heavy atom. The fourth-order valence-corrected chi connectivity index (χ4v) is 4.45. The second-order valence-electron chi connectivity index (χ2n) is 8.38. The Morgan fingerprint density at radius 2 is 1.74 bits per heavy atom. The molecule has 5 rings (SSSR count). The number of pyridine rings is 1. The van der Waals surface area contributed by atoms with Crippen LogP contribution < -0.4 is 0 Å². The van der Waals surface area contributed by atoms with E-state index in [2.05, 4.69) is 69.0 Å². The molecule has 2 fully saturated rings. The van der Waals surface area contributed by atoms with Gasteiger partial charge in [0.25, 0.3) is 0 Å². The molecule has 1 aliphatic carbocycles. The van der Waals surface area contributed by atoms with E-state index in [1.807, 2.05) is 0 Å². The highest BCUT2D eigenvalue weighted by Gasteiger charge is 2.25. The van der Waals surface area contributed by atoms with Gasteiger partial charge in [-0.3, -0.25) is 9.30 Å². The summed E-state index contributed by atoms with van der Waals surface area (Å²) in [4.78, 5) is 2.60. The average Bonchev–Trinajstić information content (AvgIpc) is 3.44. The van der Waals surface area contributed by atoms with Crippen molar-refractivity contribution in [3.63, 3.8) is 0 Å². The number of aromatic nitrogens is 3. The zero-order valence-electron chi connectivity index (χ0n) is 16.1. The van der Waals surface area contributed by atoms with Crippen LogP contribution in [0, 0.1) is 12.8 Å². The van der Waals surface area contributed by atoms with Crippen LogP contribution in [0.15, 0.2) is 42.6 Å². The van der Waals surface area contributed by atoms with Crippen LogP contribution in [-0.2, 0) is 13.0 Å². The zero-order chi connectivity index (χ0) is 18.2. The lowest BCUT2D eigenvalue weighted by Gasteiger charge is -2.32. The lowest BCUT2D eigenvalue weighted by molar-refractivity contribution is 0.204. The Balaban J connectivity index is 1.27. The summed E-state index contributed by atoms with van der Waals surface area (Å²) in [6.07, 6.45) is 8.47. The lowest BCUT2D eigenvalue weighted by Crippen LogP contribution is -2.32. The normalized spacial score (nSPS) is 19.0. The lowest BCUT2D eigenvalue weighted by atomic mass is 9.89. The van der Waals surface area contributed by atoms with Crippen molar-refractivity contribution in [1.29, 1.82) is 0 Å². The number of likely N-dealkylation sites (tertiary alicyclic amines) is 1. The number of nitrogens with zero attached hydrogens (tertiary/aromatic N) is 4. The predicted molar refractivity (Wildman–Crippen MR) is 108 cm³/mol. The molecule has 2 aliphatic rings. The fourth-order valence-electron chi connectivity index (χ4n) is 4.45. The molecule has 1 aromatic carbocycles. The summed E-state index contributed by atoms with van der Waals surface area (Å²) in [6, 6.07) is 13.3. The molecule has 27 heavy (non-hydrogen) atoms. The van der Waals surface area contributed by atoms with Crippen molar-refractivity contribution in [2.45, 2.75) is 51.5 Å². The minimum Gasteiger partial charge on any atom is -0.299 e. The Kier molecular flexibility index (Phi) is 4.44. The zero-order valence-corrected chi connectivity index (χ0v) is 16.1. The molecule has 4 heteroatoms. The van der Waals surface area contributed by atoms with Crippen LogP contribution in [0.5, 0.6) is 0 Å². The molecule has 3 aromatic rings. The van der Waals surface area contributed by atoms with Gasteiger partial charge in [-0.1, -0.05) is 30.3 Å². The number of hydrogen-bond acceptors (Lipinski definition) is 3. The largest absolute Gasteiger partial charge is 0.299 e. The van der Waals surface area contributed by atoms with Crippen LogP contribution in [0.2, 0.25) is 0 Å². The highest BCUT2D eigenvalue weighted by atomic mass is 15.2. The van der Waals surface area contributed by atoms with Gasteiger partial charge in [0.2, 0.25) is 0 Å². The van der Waals surface area contributed by atoms with Gasteiger partial charge in [0, 0.05) is 19.2 Å². The maximum Gasteiger partial charge on any atom is 0.164 e. The van der Waals surface area contributed by atoms with Gasteiger partial charge in [-0.2, -0.15) is 0 Å². The summed E-state index contributed by atoms with van der Waals surface area (Å²) in [6.45, 7) is 5.57. The predicted octanol–water partition coefficient (Wildman–Crippen LogP) is 4.37. The van der Waals surface area contributed by atoms with Crippen LogP contribution in [-0.4, -0.2) is 32.6 Å². The van der Waals surface area contributed by atoms with Crippen LogP contribution in [0.3, 0.4) is 0 Å². The van der Waals surface area contributed by atoms with E-state index < -0.39 is 0 Å². The molecule has 140 valence electrons. The van der Waals surface area contributed by atoms with Crippen molar-refractivity contribution in [1.82, 2.24) is 19.5 Å². The molecule has 0 unspecified atom stereocenters. The number of piperidine rings is 1. The van der Waals surface area contributed by atoms with Gasteiger partial charge in [-0.25, -0.2) is 0 Å². The first-order valence-electron chi connectivity index (χ1n) is 10.4. The van der Waals surface area contributed by atoms with Crippen LogP contribution >= 0.6 is 0 Å². The molecule has 0 amide bonds. The Morgan fingerprint density at radius 3 is 2.48 bits per heavy atom. The van der Waals surface area contributed by atoms with E-state index in [9.17, 15) is 0 Å². The van der Waals surface area contributed by atoms with Gasteiger partial charge in [0.05, 0.1) is 0 Å². The molecular weight excluding hydrogens is 332 g/mol. The molecular formula is C23H28N4. The standard InChI is InChI=1S/C23H28N4/c1-17-21(11-14-27-22(15-18-7-8-18)24-25-23(17)27)16-26-12-9-20(10-13-26)19-5-3-2-4-6-19/h2-6,11,14,18,20H,7-10,12-13,15-16H2,1H3. The molecule has 0 N–H and O–H groups in total. The quantitative estimate of drug-likeness (QED) is 0.677. The maximum atomic E-state index is 4.50. The SMILES string of the molecule is Cc1c(CN2CCC(c3ccccc3)CC2)ccn2c(CC3CC3)nnc12. The highest BCUT2D eigenvalue weighted by Crippen LogP contribution is 2.32. The van der Waals surface area contributed by atoms with Gasteiger partial charge in [0.1, 0.15) is 5.82 Å². The second kappa shape index (κ2) is 7.08. The first kappa shape index (κ1) is 16.9. The first-order chi connectivity index (χ1) is 13.3. The Labute approximate surface area is 161 Å². The van der Waals surface area contributed by atoms with Crippen molar-refractivity contribution in [3.05, 3.63) is 65.1 Å². The smallest absolute Gasteiger partial charge is 0.164 e. The molecule has 0 atom stereocenters. The summed E-state index contributed by atoms with van der Waals surface area (Å²) in [5.74, 6) is 2.68. The van der Waals surface area contributed by atoms with Crippen molar-refractivity contribution in [2.75, 3.05) is 13.1 Å². The van der Waals surface area contributed by atoms with Gasteiger partial charge >= 0.3 is 0 Å². The van der Waals surface area contributed by atoms with Gasteiger partial charge < -0.3 is 0 Å². The average molecular weight is 361 g/mol. The fraction of sp³-hybridized carbons (Fsp3) is 0.478. The first-order valence-corrected chi connectivity index (χ1v) is 10.4. The van der Waals surface area contributed by atoms with Gasteiger partial charge in [-0.15, -0.1) is 10.2 Å². The molecule has 0 radical (unpaired) electrons. The number of aryl methyl sites for hydroxylation is 1. The van der Waals surface area contributed by atoms with E-state index in [0.29, 0.717) is 5.92 Å². The molecule has 2 aromatic heterocycles. The van der Waals surface area contributed by atoms with Gasteiger partial charge in [0.15, 0.2) is 5.65 Å². The van der Waals surface area contributed by atoms with Crippen LogP contribution in [0.1, 0.15) is 54.1 Å². The topological polar surface area (TPSA) is 33.4 Å². The number of benzene rings is 1. The third kappa shape index (κ3) is 3.51. The summed E-state index contributed by atoms with van der Waals surface area (Å²) >= 11 is 0. The highest BCUT2D eigenvalue weighted by molar-refractivity contribution is 5.51. The second-order valence-corrected chi connectivity index (χ2v) is 8.38. The van der Waals surface area contributed by atoms with Crippen LogP contribution in [0.25, 0.3) is 5.65 Å².